The molecule has 16 nitrogen and oxygen atoms in total. The summed E-state index contributed by atoms with van der Waals surface area (Å²) in [7, 11) is 0. The molecule has 0 bridgehead atoms. The zero-order chi connectivity index (χ0) is 27.4. The van der Waals surface area contributed by atoms with Crippen molar-refractivity contribution in [3.63, 3.8) is 0 Å². The molecule has 2 fully saturated rings. The number of primary amides is 1. The van der Waals surface area contributed by atoms with Crippen molar-refractivity contribution in [2.75, 3.05) is 33.0 Å². The van der Waals surface area contributed by atoms with Gasteiger partial charge in [-0.05, 0) is 19.8 Å². The molecule has 1 aliphatic heterocycles. The van der Waals surface area contributed by atoms with Gasteiger partial charge in [-0.25, -0.2) is 4.79 Å². The van der Waals surface area contributed by atoms with Crippen LogP contribution in [0.25, 0.3) is 0 Å². The number of hydrogen-bond acceptors (Lipinski definition) is 9. The van der Waals surface area contributed by atoms with Crippen molar-refractivity contribution < 1.29 is 43.3 Å². The van der Waals surface area contributed by atoms with Gasteiger partial charge in [0.2, 0.25) is 17.7 Å². The third-order valence-electron chi connectivity index (χ3n) is 5.80. The Morgan fingerprint density at radius 2 is 1.70 bits per heavy atom. The van der Waals surface area contributed by atoms with Crippen LogP contribution in [0.3, 0.4) is 0 Å². The van der Waals surface area contributed by atoms with Crippen molar-refractivity contribution in [3.05, 3.63) is 0 Å². The number of urea groups is 1. The van der Waals surface area contributed by atoms with E-state index in [0.717, 1.165) is 0 Å². The lowest BCUT2D eigenvalue weighted by molar-refractivity contribution is -0.138. The van der Waals surface area contributed by atoms with E-state index in [2.05, 4.69) is 32.1 Å². The SMILES string of the molecule is CC(O)[C@@H]1NC(=O)N[C@@H](CC(N)=O)C(=O)NNC(=O)C2(CCCC2)NC(=O)COCCOCCNC1=O. The second kappa shape index (κ2) is 14.3. The zero-order valence-electron chi connectivity index (χ0n) is 20.6. The number of hydrazine groups is 1. The number of carbonyl (C=O) groups is 6. The molecule has 1 unspecified atom stereocenters. The lowest BCUT2D eigenvalue weighted by Gasteiger charge is -2.29. The highest BCUT2D eigenvalue weighted by Gasteiger charge is 2.43. The van der Waals surface area contributed by atoms with Crippen LogP contribution in [-0.2, 0) is 33.4 Å². The molecule has 9 N–H and O–H groups in total. The van der Waals surface area contributed by atoms with Gasteiger partial charge in [0.25, 0.3) is 11.8 Å². The number of aliphatic hydroxyl groups is 1. The average Bonchev–Trinajstić information content (AvgIpc) is 3.30. The number of amides is 7. The molecule has 208 valence electrons. The van der Waals surface area contributed by atoms with E-state index < -0.39 is 65.7 Å². The molecule has 0 aromatic heterocycles. The van der Waals surface area contributed by atoms with Crippen molar-refractivity contribution in [2.24, 2.45) is 5.73 Å². The van der Waals surface area contributed by atoms with Gasteiger partial charge in [0.05, 0.1) is 32.3 Å². The minimum Gasteiger partial charge on any atom is -0.391 e. The lowest BCUT2D eigenvalue weighted by Crippen LogP contribution is -2.63. The first-order valence-electron chi connectivity index (χ1n) is 11.9. The van der Waals surface area contributed by atoms with Gasteiger partial charge in [-0.3, -0.25) is 34.8 Å². The van der Waals surface area contributed by atoms with Crippen LogP contribution in [0.4, 0.5) is 4.79 Å². The molecule has 1 heterocycles. The standard InChI is InChI=1S/C21H35N7O9/c1-12(29)16-18(33)23-6-7-36-8-9-37-11-15(31)26-21(4-2-3-5-21)19(34)28-27-17(32)13(10-14(22)30)24-20(35)25-16/h12-13,16,29H,2-11H2,1H3,(H2,22,30)(H,23,33)(H,26,31)(H,27,32)(H,28,34)(H2,24,25,35)/t12?,13-,16-/m0/s1. The van der Waals surface area contributed by atoms with E-state index in [4.69, 9.17) is 15.2 Å². The highest BCUT2D eigenvalue weighted by molar-refractivity contribution is 5.96. The fraction of sp³-hybridized carbons (Fsp3) is 0.714. The Morgan fingerprint density at radius 3 is 2.35 bits per heavy atom. The summed E-state index contributed by atoms with van der Waals surface area (Å²) in [6.45, 7) is 1.30. The van der Waals surface area contributed by atoms with E-state index in [0.29, 0.717) is 25.7 Å². The normalized spacial score (nSPS) is 25.8. The average molecular weight is 530 g/mol. The monoisotopic (exact) mass is 529 g/mol. The lowest BCUT2D eigenvalue weighted by atomic mass is 9.96. The number of ether oxygens (including phenoxy) is 2. The van der Waals surface area contributed by atoms with Crippen molar-refractivity contribution in [2.45, 2.75) is 62.8 Å². The van der Waals surface area contributed by atoms with Crippen LogP contribution in [0.5, 0.6) is 0 Å². The molecule has 16 heteroatoms. The van der Waals surface area contributed by atoms with Gasteiger partial charge in [-0.1, -0.05) is 12.8 Å². The van der Waals surface area contributed by atoms with E-state index in [1.165, 1.54) is 6.92 Å². The van der Waals surface area contributed by atoms with Crippen LogP contribution in [0.1, 0.15) is 39.0 Å². The van der Waals surface area contributed by atoms with Crippen LogP contribution < -0.4 is 37.9 Å². The molecule has 7 amide bonds. The number of hydrogen-bond donors (Lipinski definition) is 8. The van der Waals surface area contributed by atoms with Crippen molar-refractivity contribution in [1.82, 2.24) is 32.1 Å². The van der Waals surface area contributed by atoms with E-state index in [1.54, 1.807) is 0 Å². The summed E-state index contributed by atoms with van der Waals surface area (Å²) in [5.74, 6) is -3.85. The Labute approximate surface area is 213 Å². The Balaban J connectivity index is 2.18. The van der Waals surface area contributed by atoms with Gasteiger partial charge in [0.15, 0.2) is 0 Å². The second-order valence-corrected chi connectivity index (χ2v) is 8.80. The smallest absolute Gasteiger partial charge is 0.316 e. The van der Waals surface area contributed by atoms with Crippen LogP contribution in [0, 0.1) is 0 Å². The van der Waals surface area contributed by atoms with Crippen molar-refractivity contribution in [3.8, 4) is 0 Å². The maximum absolute atomic E-state index is 12.9. The summed E-state index contributed by atoms with van der Waals surface area (Å²) in [5, 5.41) is 19.5. The first kappa shape index (κ1) is 29.7. The topological polar surface area (TPSA) is 239 Å². The molecule has 1 saturated heterocycles. The molecular weight excluding hydrogens is 494 g/mol. The number of nitrogens with two attached hydrogens (primary N) is 1. The number of nitrogens with one attached hydrogen (secondary N) is 6. The van der Waals surface area contributed by atoms with Crippen LogP contribution >= 0.6 is 0 Å². The summed E-state index contributed by atoms with van der Waals surface area (Å²) >= 11 is 0. The Hall–Kier alpha value is -3.50. The number of carbonyl (C=O) groups excluding carboxylic acids is 6. The number of rotatable bonds is 3. The third kappa shape index (κ3) is 9.47. The molecule has 0 aromatic rings. The molecule has 0 aromatic carbocycles. The van der Waals surface area contributed by atoms with Crippen molar-refractivity contribution >= 4 is 35.6 Å². The van der Waals surface area contributed by atoms with Crippen LogP contribution in [0.15, 0.2) is 0 Å². The van der Waals surface area contributed by atoms with Gasteiger partial charge in [0, 0.05) is 6.54 Å². The summed E-state index contributed by atoms with van der Waals surface area (Å²) in [6.07, 6.45) is 0.0565. The van der Waals surface area contributed by atoms with Gasteiger partial charge in [-0.2, -0.15) is 0 Å². The first-order valence-corrected chi connectivity index (χ1v) is 11.9. The minimum atomic E-state index is -1.53. The molecule has 3 atom stereocenters. The molecular formula is C21H35N7O9. The highest BCUT2D eigenvalue weighted by Crippen LogP contribution is 2.29. The largest absolute Gasteiger partial charge is 0.391 e. The number of aliphatic hydroxyl groups excluding tert-OH is 1. The Morgan fingerprint density at radius 1 is 1.03 bits per heavy atom. The quantitative estimate of drug-likeness (QED) is 0.177. The summed E-state index contributed by atoms with van der Waals surface area (Å²) < 4.78 is 10.6. The second-order valence-electron chi connectivity index (χ2n) is 8.80. The van der Waals surface area contributed by atoms with Gasteiger partial charge < -0.3 is 41.6 Å². The van der Waals surface area contributed by atoms with Crippen LogP contribution in [-0.4, -0.2) is 97.4 Å². The summed E-state index contributed by atoms with van der Waals surface area (Å²) in [4.78, 5) is 74.3. The fourth-order valence-electron chi connectivity index (χ4n) is 3.91. The molecule has 0 radical (unpaired) electrons. The van der Waals surface area contributed by atoms with Gasteiger partial charge >= 0.3 is 6.03 Å². The maximum atomic E-state index is 12.9. The predicted molar refractivity (Wildman–Crippen MR) is 125 cm³/mol. The van der Waals surface area contributed by atoms with E-state index in [1.807, 2.05) is 0 Å². The predicted octanol–water partition coefficient (Wildman–Crippen LogP) is -3.98. The van der Waals surface area contributed by atoms with Gasteiger partial charge in [0.1, 0.15) is 24.2 Å². The molecule has 37 heavy (non-hydrogen) atoms. The maximum Gasteiger partial charge on any atom is 0.316 e. The van der Waals surface area contributed by atoms with Crippen LogP contribution in [0.2, 0.25) is 0 Å². The van der Waals surface area contributed by atoms with E-state index in [9.17, 15) is 33.9 Å². The molecule has 1 saturated carbocycles. The molecule has 2 rings (SSSR count). The molecule has 1 spiro atoms. The fourth-order valence-corrected chi connectivity index (χ4v) is 3.91. The Kier molecular flexibility index (Phi) is 11.5. The Bertz CT molecular complexity index is 861. The van der Waals surface area contributed by atoms with Crippen molar-refractivity contribution in [1.29, 1.82) is 0 Å². The third-order valence-corrected chi connectivity index (χ3v) is 5.80. The van der Waals surface area contributed by atoms with Gasteiger partial charge in [-0.15, -0.1) is 0 Å². The highest BCUT2D eigenvalue weighted by atomic mass is 16.5. The zero-order valence-corrected chi connectivity index (χ0v) is 20.6. The summed E-state index contributed by atoms with van der Waals surface area (Å²) in [6, 6.07) is -3.97. The minimum absolute atomic E-state index is 0.0504. The molecule has 1 aliphatic carbocycles. The first-order chi connectivity index (χ1) is 17.5. The van der Waals surface area contributed by atoms with E-state index >= 15 is 0 Å². The summed E-state index contributed by atoms with van der Waals surface area (Å²) in [5.41, 5.74) is 8.27. The molecule has 2 aliphatic rings. The van der Waals surface area contributed by atoms with E-state index in [-0.39, 0.29) is 33.0 Å².